The highest BCUT2D eigenvalue weighted by Gasteiger charge is 2.40. The summed E-state index contributed by atoms with van der Waals surface area (Å²) in [6, 6.07) is 4.95. The second-order valence-corrected chi connectivity index (χ2v) is 6.16. The van der Waals surface area contributed by atoms with Crippen LogP contribution in [0.25, 0.3) is 0 Å². The van der Waals surface area contributed by atoms with E-state index in [1.54, 1.807) is 0 Å². The van der Waals surface area contributed by atoms with Gasteiger partial charge in [-0.15, -0.1) is 0 Å². The molecule has 8 heteroatoms. The molecule has 2 rings (SSSR count). The monoisotopic (exact) mass is 317 g/mol. The number of hydrazone groups is 1. The average Bonchev–Trinajstić information content (AvgIpc) is 2.81. The molecule has 0 N–H and O–H groups in total. The first kappa shape index (κ1) is 16.7. The fourth-order valence-electron chi connectivity index (χ4n) is 2.12. The SMILES string of the molecule is CCC1=NN(C(C)(C)C)C(=O)C1/N=N/c1ccc([N+](=O)[O-])cc1. The molecular formula is C15H19N5O3. The van der Waals surface area contributed by atoms with E-state index in [1.165, 1.54) is 29.3 Å². The van der Waals surface area contributed by atoms with Gasteiger partial charge in [0.15, 0.2) is 6.04 Å². The number of amides is 1. The van der Waals surface area contributed by atoms with E-state index in [4.69, 9.17) is 0 Å². The van der Waals surface area contributed by atoms with Gasteiger partial charge in [-0.1, -0.05) is 6.92 Å². The van der Waals surface area contributed by atoms with Crippen molar-refractivity contribution < 1.29 is 9.72 Å². The molecule has 0 aliphatic carbocycles. The molecule has 1 aliphatic rings. The lowest BCUT2D eigenvalue weighted by Crippen LogP contribution is -2.42. The first-order valence-corrected chi connectivity index (χ1v) is 7.30. The molecule has 0 spiro atoms. The van der Waals surface area contributed by atoms with Crippen molar-refractivity contribution in [1.82, 2.24) is 5.01 Å². The molecule has 0 saturated heterocycles. The topological polar surface area (TPSA) is 101 Å². The Morgan fingerprint density at radius 1 is 1.30 bits per heavy atom. The van der Waals surface area contributed by atoms with Crippen LogP contribution in [0, 0.1) is 10.1 Å². The Bertz CT molecular complexity index is 673. The fraction of sp³-hybridized carbons (Fsp3) is 0.467. The number of nitrogens with zero attached hydrogens (tertiary/aromatic N) is 5. The predicted molar refractivity (Wildman–Crippen MR) is 85.7 cm³/mol. The summed E-state index contributed by atoms with van der Waals surface area (Å²) in [5.41, 5.74) is 0.675. The number of hydrogen-bond donors (Lipinski definition) is 0. The molecule has 0 aromatic heterocycles. The van der Waals surface area contributed by atoms with E-state index in [0.29, 0.717) is 17.8 Å². The van der Waals surface area contributed by atoms with Crippen molar-refractivity contribution in [1.29, 1.82) is 0 Å². The second-order valence-electron chi connectivity index (χ2n) is 6.16. The van der Waals surface area contributed by atoms with E-state index in [1.807, 2.05) is 27.7 Å². The zero-order valence-electron chi connectivity index (χ0n) is 13.6. The molecule has 23 heavy (non-hydrogen) atoms. The number of nitro groups is 1. The summed E-state index contributed by atoms with van der Waals surface area (Å²) in [7, 11) is 0. The Kier molecular flexibility index (Phi) is 4.53. The third-order valence-electron chi connectivity index (χ3n) is 3.33. The largest absolute Gasteiger partial charge is 0.275 e. The minimum atomic E-state index is -0.727. The summed E-state index contributed by atoms with van der Waals surface area (Å²) in [5.74, 6) is -0.208. The Labute approximate surface area is 134 Å². The molecule has 1 unspecified atom stereocenters. The average molecular weight is 317 g/mol. The highest BCUT2D eigenvalue weighted by atomic mass is 16.6. The molecule has 0 fully saturated rings. The van der Waals surface area contributed by atoms with Gasteiger partial charge in [-0.2, -0.15) is 15.3 Å². The van der Waals surface area contributed by atoms with Crippen molar-refractivity contribution in [2.45, 2.75) is 45.7 Å². The van der Waals surface area contributed by atoms with E-state index >= 15 is 0 Å². The Hall–Kier alpha value is -2.64. The summed E-state index contributed by atoms with van der Waals surface area (Å²) in [6.45, 7) is 7.61. The quantitative estimate of drug-likeness (QED) is 0.483. The molecular weight excluding hydrogens is 298 g/mol. The minimum Gasteiger partial charge on any atom is -0.270 e. The number of benzene rings is 1. The summed E-state index contributed by atoms with van der Waals surface area (Å²) in [6.07, 6.45) is 0.599. The van der Waals surface area contributed by atoms with Crippen LogP contribution in [-0.4, -0.2) is 33.1 Å². The standard InChI is InChI=1S/C15H19N5O3/c1-5-12-13(14(21)19(18-12)15(2,3)4)17-16-10-6-8-11(9-7-10)20(22)23/h6-9,13H,5H2,1-4H3/b17-16+. The van der Waals surface area contributed by atoms with Crippen molar-refractivity contribution >= 4 is 23.0 Å². The molecule has 8 nitrogen and oxygen atoms in total. The van der Waals surface area contributed by atoms with Crippen LogP contribution >= 0.6 is 0 Å². The Morgan fingerprint density at radius 2 is 1.91 bits per heavy atom. The zero-order chi connectivity index (χ0) is 17.2. The lowest BCUT2D eigenvalue weighted by Gasteiger charge is -2.27. The normalized spacial score (nSPS) is 18.6. The van der Waals surface area contributed by atoms with Gasteiger partial charge in [0, 0.05) is 12.1 Å². The molecule has 0 bridgehead atoms. The van der Waals surface area contributed by atoms with Crippen LogP contribution in [0.5, 0.6) is 0 Å². The number of carbonyl (C=O) groups excluding carboxylic acids is 1. The zero-order valence-corrected chi connectivity index (χ0v) is 13.6. The number of hydrogen-bond acceptors (Lipinski definition) is 6. The van der Waals surface area contributed by atoms with Crippen molar-refractivity contribution in [3.63, 3.8) is 0 Å². The van der Waals surface area contributed by atoms with Crippen LogP contribution in [0.1, 0.15) is 34.1 Å². The highest BCUT2D eigenvalue weighted by molar-refractivity contribution is 6.12. The van der Waals surface area contributed by atoms with Gasteiger partial charge in [-0.05, 0) is 39.3 Å². The van der Waals surface area contributed by atoms with E-state index in [0.717, 1.165) is 0 Å². The second kappa shape index (κ2) is 6.23. The van der Waals surface area contributed by atoms with Gasteiger partial charge >= 0.3 is 0 Å². The van der Waals surface area contributed by atoms with Crippen molar-refractivity contribution in [3.8, 4) is 0 Å². The molecule has 1 amide bonds. The van der Waals surface area contributed by atoms with Gasteiger partial charge in [-0.3, -0.25) is 14.9 Å². The van der Waals surface area contributed by atoms with Crippen molar-refractivity contribution in [2.75, 3.05) is 0 Å². The summed E-state index contributed by atoms with van der Waals surface area (Å²) >= 11 is 0. The maximum absolute atomic E-state index is 12.5. The highest BCUT2D eigenvalue weighted by Crippen LogP contribution is 2.25. The number of non-ortho nitro benzene ring substituents is 1. The Morgan fingerprint density at radius 3 is 2.39 bits per heavy atom. The molecule has 1 heterocycles. The van der Waals surface area contributed by atoms with Crippen LogP contribution in [0.4, 0.5) is 11.4 Å². The molecule has 1 atom stereocenters. The Balaban J connectivity index is 2.20. The van der Waals surface area contributed by atoms with Gasteiger partial charge in [0.05, 0.1) is 21.9 Å². The lowest BCUT2D eigenvalue weighted by molar-refractivity contribution is -0.384. The first-order chi connectivity index (χ1) is 10.7. The number of azo groups is 1. The molecule has 1 aromatic rings. The van der Waals surface area contributed by atoms with Gasteiger partial charge in [0.1, 0.15) is 0 Å². The number of rotatable bonds is 4. The fourth-order valence-corrected chi connectivity index (χ4v) is 2.12. The third kappa shape index (κ3) is 3.58. The predicted octanol–water partition coefficient (Wildman–Crippen LogP) is 3.45. The first-order valence-electron chi connectivity index (χ1n) is 7.30. The van der Waals surface area contributed by atoms with Crippen LogP contribution in [-0.2, 0) is 4.79 Å². The van der Waals surface area contributed by atoms with Crippen LogP contribution in [0.3, 0.4) is 0 Å². The summed E-state index contributed by atoms with van der Waals surface area (Å²) in [4.78, 5) is 22.6. The van der Waals surface area contributed by atoms with Gasteiger partial charge in [0.2, 0.25) is 0 Å². The van der Waals surface area contributed by atoms with Crippen LogP contribution < -0.4 is 0 Å². The molecule has 0 radical (unpaired) electrons. The van der Waals surface area contributed by atoms with Gasteiger partial charge < -0.3 is 0 Å². The summed E-state index contributed by atoms with van der Waals surface area (Å²) < 4.78 is 0. The molecule has 122 valence electrons. The number of nitro benzene ring substituents is 1. The van der Waals surface area contributed by atoms with Gasteiger partial charge in [0.25, 0.3) is 11.6 Å². The van der Waals surface area contributed by atoms with Gasteiger partial charge in [-0.25, -0.2) is 5.01 Å². The van der Waals surface area contributed by atoms with E-state index in [-0.39, 0.29) is 11.6 Å². The van der Waals surface area contributed by atoms with Crippen LogP contribution in [0.2, 0.25) is 0 Å². The smallest absolute Gasteiger partial charge is 0.270 e. The van der Waals surface area contributed by atoms with E-state index in [2.05, 4.69) is 15.3 Å². The van der Waals surface area contributed by atoms with Crippen LogP contribution in [0.15, 0.2) is 39.6 Å². The minimum absolute atomic E-state index is 0.0180. The van der Waals surface area contributed by atoms with Crippen molar-refractivity contribution in [2.24, 2.45) is 15.3 Å². The maximum Gasteiger partial charge on any atom is 0.275 e. The van der Waals surface area contributed by atoms with E-state index in [9.17, 15) is 14.9 Å². The maximum atomic E-state index is 12.5. The van der Waals surface area contributed by atoms with E-state index < -0.39 is 16.5 Å². The molecule has 0 saturated carbocycles. The summed E-state index contributed by atoms with van der Waals surface area (Å²) in [5, 5.41) is 24.5. The van der Waals surface area contributed by atoms with Crippen molar-refractivity contribution in [3.05, 3.63) is 34.4 Å². The number of carbonyl (C=O) groups is 1. The third-order valence-corrected chi connectivity index (χ3v) is 3.33. The molecule has 1 aliphatic heterocycles. The lowest BCUT2D eigenvalue weighted by atomic mass is 10.1. The molecule has 1 aromatic carbocycles.